The summed E-state index contributed by atoms with van der Waals surface area (Å²) in [6.45, 7) is 6.81. The summed E-state index contributed by atoms with van der Waals surface area (Å²) in [7, 11) is 1.62. The Hall–Kier alpha value is -0.710. The first-order valence-corrected chi connectivity index (χ1v) is 7.57. The third-order valence-electron chi connectivity index (χ3n) is 2.79. The number of hydrogen-bond donors (Lipinski definition) is 1. The standard InChI is InChI=1S/C15H24O3S/c1-11(2)13-6-5-7-14(15(13)18-10-17-4)19-9-12(3)8-16/h5-7,11-12,16H,8-10H2,1-4H3/t12-/m0/s1. The second-order valence-electron chi connectivity index (χ2n) is 4.98. The van der Waals surface area contributed by atoms with Crippen molar-refractivity contribution in [2.75, 3.05) is 26.3 Å². The summed E-state index contributed by atoms with van der Waals surface area (Å²) in [5.41, 5.74) is 1.19. The zero-order valence-corrected chi connectivity index (χ0v) is 13.0. The number of aliphatic hydroxyl groups excluding tert-OH is 1. The van der Waals surface area contributed by atoms with Gasteiger partial charge in [-0.2, -0.15) is 0 Å². The van der Waals surface area contributed by atoms with E-state index in [1.54, 1.807) is 18.9 Å². The molecule has 1 N–H and O–H groups in total. The van der Waals surface area contributed by atoms with Crippen LogP contribution in [0.15, 0.2) is 23.1 Å². The Morgan fingerprint density at radius 3 is 2.58 bits per heavy atom. The Balaban J connectivity index is 2.91. The van der Waals surface area contributed by atoms with Gasteiger partial charge in [0, 0.05) is 24.4 Å². The van der Waals surface area contributed by atoms with Crippen molar-refractivity contribution in [2.45, 2.75) is 31.6 Å². The molecule has 4 heteroatoms. The topological polar surface area (TPSA) is 38.7 Å². The fourth-order valence-electron chi connectivity index (χ4n) is 1.66. The molecular formula is C15H24O3S. The average molecular weight is 284 g/mol. The van der Waals surface area contributed by atoms with Gasteiger partial charge in [-0.3, -0.25) is 0 Å². The van der Waals surface area contributed by atoms with Crippen molar-refractivity contribution >= 4 is 11.8 Å². The maximum Gasteiger partial charge on any atom is 0.188 e. The molecule has 0 saturated heterocycles. The summed E-state index contributed by atoms with van der Waals surface area (Å²) in [4.78, 5) is 1.11. The van der Waals surface area contributed by atoms with Crippen LogP contribution in [0.25, 0.3) is 0 Å². The molecule has 108 valence electrons. The second-order valence-corrected chi connectivity index (χ2v) is 6.04. The minimum absolute atomic E-state index is 0.213. The number of para-hydroxylation sites is 1. The largest absolute Gasteiger partial charge is 0.466 e. The average Bonchev–Trinajstić information content (AvgIpc) is 2.42. The number of methoxy groups -OCH3 is 1. The van der Waals surface area contributed by atoms with Crippen LogP contribution in [0.2, 0.25) is 0 Å². The first kappa shape index (κ1) is 16.3. The van der Waals surface area contributed by atoms with Gasteiger partial charge >= 0.3 is 0 Å². The fraction of sp³-hybridized carbons (Fsp3) is 0.600. The van der Waals surface area contributed by atoms with Crippen LogP contribution in [0.3, 0.4) is 0 Å². The number of thioether (sulfide) groups is 1. The number of benzene rings is 1. The second kappa shape index (κ2) is 8.46. The zero-order valence-electron chi connectivity index (χ0n) is 12.2. The Morgan fingerprint density at radius 1 is 1.26 bits per heavy atom. The predicted octanol–water partition coefficient (Wildman–Crippen LogP) is 3.51. The van der Waals surface area contributed by atoms with Crippen LogP contribution in [0.5, 0.6) is 5.75 Å². The highest BCUT2D eigenvalue weighted by Crippen LogP contribution is 2.37. The zero-order chi connectivity index (χ0) is 14.3. The van der Waals surface area contributed by atoms with Crippen LogP contribution in [0, 0.1) is 5.92 Å². The van der Waals surface area contributed by atoms with Crippen LogP contribution in [0.4, 0.5) is 0 Å². The molecule has 1 aromatic rings. The van der Waals surface area contributed by atoms with Gasteiger partial charge in [0.05, 0.1) is 0 Å². The third-order valence-corrected chi connectivity index (χ3v) is 4.16. The lowest BCUT2D eigenvalue weighted by molar-refractivity contribution is 0.0482. The van der Waals surface area contributed by atoms with Crippen molar-refractivity contribution in [1.29, 1.82) is 0 Å². The molecule has 0 aromatic heterocycles. The summed E-state index contributed by atoms with van der Waals surface area (Å²) in [5, 5.41) is 9.10. The predicted molar refractivity (Wildman–Crippen MR) is 80.0 cm³/mol. The van der Waals surface area contributed by atoms with Crippen LogP contribution >= 0.6 is 11.8 Å². The molecule has 0 aliphatic carbocycles. The molecule has 0 aliphatic heterocycles. The minimum Gasteiger partial charge on any atom is -0.466 e. The van der Waals surface area contributed by atoms with Crippen LogP contribution in [-0.2, 0) is 4.74 Å². The monoisotopic (exact) mass is 284 g/mol. The van der Waals surface area contributed by atoms with Gasteiger partial charge < -0.3 is 14.6 Å². The van der Waals surface area contributed by atoms with Crippen LogP contribution in [-0.4, -0.2) is 31.4 Å². The van der Waals surface area contributed by atoms with Gasteiger partial charge in [0.2, 0.25) is 0 Å². The highest BCUT2D eigenvalue weighted by atomic mass is 32.2. The van der Waals surface area contributed by atoms with Crippen LogP contribution < -0.4 is 4.74 Å². The summed E-state index contributed by atoms with van der Waals surface area (Å²) in [6.07, 6.45) is 0. The smallest absolute Gasteiger partial charge is 0.188 e. The van der Waals surface area contributed by atoms with Crippen LogP contribution in [0.1, 0.15) is 32.3 Å². The lowest BCUT2D eigenvalue weighted by atomic mass is 10.0. The molecule has 0 spiro atoms. The van der Waals surface area contributed by atoms with Crippen molar-refractivity contribution < 1.29 is 14.6 Å². The molecule has 19 heavy (non-hydrogen) atoms. The highest BCUT2D eigenvalue weighted by molar-refractivity contribution is 7.99. The minimum atomic E-state index is 0.213. The van der Waals surface area contributed by atoms with E-state index in [0.717, 1.165) is 16.4 Å². The van der Waals surface area contributed by atoms with E-state index in [0.29, 0.717) is 5.92 Å². The summed E-state index contributed by atoms with van der Waals surface area (Å²) in [6, 6.07) is 6.21. The van der Waals surface area contributed by atoms with Crippen molar-refractivity contribution in [2.24, 2.45) is 5.92 Å². The van der Waals surface area contributed by atoms with E-state index in [9.17, 15) is 0 Å². The van der Waals surface area contributed by atoms with E-state index in [4.69, 9.17) is 14.6 Å². The lowest BCUT2D eigenvalue weighted by Gasteiger charge is -2.18. The molecule has 0 aliphatic rings. The van der Waals surface area contributed by atoms with E-state index < -0.39 is 0 Å². The van der Waals surface area contributed by atoms with Crippen molar-refractivity contribution in [3.05, 3.63) is 23.8 Å². The number of aliphatic hydroxyl groups is 1. The first-order valence-electron chi connectivity index (χ1n) is 6.58. The van der Waals surface area contributed by atoms with E-state index in [-0.39, 0.29) is 19.3 Å². The molecule has 1 atom stereocenters. The SMILES string of the molecule is COCOc1c(SC[C@@H](C)CO)cccc1C(C)C. The Kier molecular flexibility index (Phi) is 7.28. The molecule has 1 rings (SSSR count). The van der Waals surface area contributed by atoms with Gasteiger partial charge in [0.25, 0.3) is 0 Å². The van der Waals surface area contributed by atoms with Gasteiger partial charge in [-0.05, 0) is 23.5 Å². The van der Waals surface area contributed by atoms with E-state index in [1.165, 1.54) is 5.56 Å². The molecule has 0 saturated carbocycles. The number of rotatable bonds is 8. The summed E-state index contributed by atoms with van der Waals surface area (Å²) < 4.78 is 10.7. The molecule has 1 aromatic carbocycles. The van der Waals surface area contributed by atoms with Crippen molar-refractivity contribution in [3.63, 3.8) is 0 Å². The molecule has 0 radical (unpaired) electrons. The van der Waals surface area contributed by atoms with Crippen molar-refractivity contribution in [1.82, 2.24) is 0 Å². The normalized spacial score (nSPS) is 12.7. The Morgan fingerprint density at radius 2 is 2.00 bits per heavy atom. The Labute approximate surface area is 120 Å². The lowest BCUT2D eigenvalue weighted by Crippen LogP contribution is -2.06. The number of ether oxygens (including phenoxy) is 2. The van der Waals surface area contributed by atoms with E-state index >= 15 is 0 Å². The maximum absolute atomic E-state index is 9.10. The maximum atomic E-state index is 9.10. The fourth-order valence-corrected chi connectivity index (χ4v) is 2.71. The highest BCUT2D eigenvalue weighted by Gasteiger charge is 2.14. The third kappa shape index (κ3) is 5.05. The summed E-state index contributed by atoms with van der Waals surface area (Å²) in [5.74, 6) is 2.47. The molecule has 0 heterocycles. The quantitative estimate of drug-likeness (QED) is 0.585. The molecule has 0 amide bonds. The van der Waals surface area contributed by atoms with E-state index in [1.807, 2.05) is 6.92 Å². The van der Waals surface area contributed by atoms with Crippen molar-refractivity contribution in [3.8, 4) is 5.75 Å². The van der Waals surface area contributed by atoms with Gasteiger partial charge in [-0.15, -0.1) is 11.8 Å². The molecule has 3 nitrogen and oxygen atoms in total. The van der Waals surface area contributed by atoms with E-state index in [2.05, 4.69) is 32.0 Å². The Bertz CT molecular complexity index is 380. The van der Waals surface area contributed by atoms with Gasteiger partial charge in [0.1, 0.15) is 5.75 Å². The number of hydrogen-bond acceptors (Lipinski definition) is 4. The van der Waals surface area contributed by atoms with Gasteiger partial charge in [-0.1, -0.05) is 32.9 Å². The molecule has 0 fully saturated rings. The van der Waals surface area contributed by atoms with Gasteiger partial charge in [-0.25, -0.2) is 0 Å². The van der Waals surface area contributed by atoms with Gasteiger partial charge in [0.15, 0.2) is 6.79 Å². The summed E-state index contributed by atoms with van der Waals surface area (Å²) >= 11 is 1.72. The molecular weight excluding hydrogens is 260 g/mol. The first-order chi connectivity index (χ1) is 9.10. The molecule has 0 unspecified atom stereocenters. The molecule has 0 bridgehead atoms.